The van der Waals surface area contributed by atoms with E-state index in [2.05, 4.69) is 10.3 Å². The molecule has 2 rings (SSSR count). The summed E-state index contributed by atoms with van der Waals surface area (Å²) in [6.07, 6.45) is 4.49. The maximum Gasteiger partial charge on any atom is 0.195 e. The Morgan fingerprint density at radius 1 is 1.53 bits per heavy atom. The summed E-state index contributed by atoms with van der Waals surface area (Å²) in [7, 11) is -1.11. The summed E-state index contributed by atoms with van der Waals surface area (Å²) in [5.41, 5.74) is 0.815. The quantitative estimate of drug-likeness (QED) is 0.869. The van der Waals surface area contributed by atoms with Gasteiger partial charge in [0.2, 0.25) is 0 Å². The Hall–Kier alpha value is -0.880. The Balaban J connectivity index is 2.04. The molecule has 17 heavy (non-hydrogen) atoms. The van der Waals surface area contributed by atoms with Crippen LogP contribution in [-0.2, 0) is 22.8 Å². The van der Waals surface area contributed by atoms with Crippen molar-refractivity contribution in [3.05, 3.63) is 17.8 Å². The van der Waals surface area contributed by atoms with Crippen molar-refractivity contribution in [2.24, 2.45) is 0 Å². The molecule has 0 radical (unpaired) electrons. The van der Waals surface area contributed by atoms with Crippen LogP contribution in [0.4, 0.5) is 0 Å². The van der Waals surface area contributed by atoms with E-state index in [0.717, 1.165) is 25.0 Å². The van der Waals surface area contributed by atoms with Crippen LogP contribution in [0.3, 0.4) is 0 Å². The van der Waals surface area contributed by atoms with Gasteiger partial charge in [0, 0.05) is 13.0 Å². The SMILES string of the molecule is CNCc1coc(CC2CCCCS2(=O)=O)n1. The maximum absolute atomic E-state index is 11.8. The van der Waals surface area contributed by atoms with E-state index >= 15 is 0 Å². The third-order valence-electron chi connectivity index (χ3n) is 3.07. The average Bonchev–Trinajstić information content (AvgIpc) is 2.70. The molecule has 1 atom stereocenters. The van der Waals surface area contributed by atoms with Crippen LogP contribution in [0.15, 0.2) is 10.7 Å². The van der Waals surface area contributed by atoms with Crippen LogP contribution >= 0.6 is 0 Å². The van der Waals surface area contributed by atoms with E-state index in [-0.39, 0.29) is 5.25 Å². The number of hydrogen-bond donors (Lipinski definition) is 1. The van der Waals surface area contributed by atoms with Gasteiger partial charge >= 0.3 is 0 Å². The van der Waals surface area contributed by atoms with Gasteiger partial charge in [-0.1, -0.05) is 6.42 Å². The monoisotopic (exact) mass is 258 g/mol. The summed E-state index contributed by atoms with van der Waals surface area (Å²) in [4.78, 5) is 4.27. The van der Waals surface area contributed by atoms with Crippen LogP contribution in [0.2, 0.25) is 0 Å². The molecule has 6 heteroatoms. The molecular formula is C11H18N2O3S. The predicted molar refractivity (Wildman–Crippen MR) is 64.4 cm³/mol. The van der Waals surface area contributed by atoms with Crippen LogP contribution in [0.25, 0.3) is 0 Å². The number of oxazole rings is 1. The summed E-state index contributed by atoms with van der Waals surface area (Å²) in [6.45, 7) is 0.640. The highest BCUT2D eigenvalue weighted by Gasteiger charge is 2.30. The second kappa shape index (κ2) is 5.18. The van der Waals surface area contributed by atoms with Crippen LogP contribution in [0, 0.1) is 0 Å². The van der Waals surface area contributed by atoms with E-state index in [4.69, 9.17) is 4.42 Å². The van der Waals surface area contributed by atoms with Crippen LogP contribution < -0.4 is 5.32 Å². The van der Waals surface area contributed by atoms with Gasteiger partial charge in [-0.2, -0.15) is 0 Å². The largest absolute Gasteiger partial charge is 0.449 e. The number of rotatable bonds is 4. The fourth-order valence-electron chi connectivity index (χ4n) is 2.15. The molecule has 1 aromatic heterocycles. The van der Waals surface area contributed by atoms with E-state index < -0.39 is 9.84 Å². The molecule has 5 nitrogen and oxygen atoms in total. The van der Waals surface area contributed by atoms with Gasteiger partial charge in [0.15, 0.2) is 15.7 Å². The molecule has 1 fully saturated rings. The number of hydrogen-bond acceptors (Lipinski definition) is 5. The minimum atomic E-state index is -2.94. The zero-order chi connectivity index (χ0) is 12.3. The molecule has 1 aliphatic heterocycles. The average molecular weight is 258 g/mol. The van der Waals surface area contributed by atoms with Gasteiger partial charge in [-0.15, -0.1) is 0 Å². The Bertz CT molecular complexity index is 467. The van der Waals surface area contributed by atoms with Crippen molar-refractivity contribution in [2.45, 2.75) is 37.5 Å². The second-order valence-corrected chi connectivity index (χ2v) is 6.85. The maximum atomic E-state index is 11.8. The second-order valence-electron chi connectivity index (χ2n) is 4.45. The number of sulfone groups is 1. The first-order chi connectivity index (χ1) is 8.12. The summed E-state index contributed by atoms with van der Waals surface area (Å²) in [5, 5.41) is 2.67. The van der Waals surface area contributed by atoms with Gasteiger partial charge in [0.05, 0.1) is 16.7 Å². The van der Waals surface area contributed by atoms with Crippen LogP contribution in [0.1, 0.15) is 30.8 Å². The number of aromatic nitrogens is 1. The van der Waals surface area contributed by atoms with Gasteiger partial charge in [-0.05, 0) is 19.9 Å². The lowest BCUT2D eigenvalue weighted by Crippen LogP contribution is -2.30. The molecule has 1 N–H and O–H groups in total. The third kappa shape index (κ3) is 3.07. The fourth-order valence-corrected chi connectivity index (χ4v) is 4.01. The summed E-state index contributed by atoms with van der Waals surface area (Å²) in [6, 6.07) is 0. The lowest BCUT2D eigenvalue weighted by molar-refractivity contribution is 0.466. The lowest BCUT2D eigenvalue weighted by Gasteiger charge is -2.20. The molecule has 2 heterocycles. The Kier molecular flexibility index (Phi) is 3.83. The lowest BCUT2D eigenvalue weighted by atomic mass is 10.1. The first-order valence-electron chi connectivity index (χ1n) is 5.91. The third-order valence-corrected chi connectivity index (χ3v) is 5.35. The van der Waals surface area contributed by atoms with Crippen LogP contribution in [0.5, 0.6) is 0 Å². The summed E-state index contributed by atoms with van der Waals surface area (Å²) in [5.74, 6) is 0.840. The topological polar surface area (TPSA) is 72.2 Å². The molecule has 1 unspecified atom stereocenters. The molecule has 0 saturated carbocycles. The molecule has 0 bridgehead atoms. The normalized spacial score (nSPS) is 23.7. The highest BCUT2D eigenvalue weighted by atomic mass is 32.2. The molecular weight excluding hydrogens is 240 g/mol. The molecule has 0 amide bonds. The zero-order valence-corrected chi connectivity index (χ0v) is 10.8. The summed E-state index contributed by atoms with van der Waals surface area (Å²) < 4.78 is 29.0. The molecule has 0 spiro atoms. The molecule has 1 saturated heterocycles. The highest BCUT2D eigenvalue weighted by Crippen LogP contribution is 2.22. The standard InChI is InChI=1S/C11H18N2O3S/c1-12-7-9-8-16-11(13-9)6-10-4-2-3-5-17(10,14)15/h8,10,12H,2-7H2,1H3. The molecule has 96 valence electrons. The van der Waals surface area contributed by atoms with Gasteiger partial charge in [-0.3, -0.25) is 0 Å². The fraction of sp³-hybridized carbons (Fsp3) is 0.727. The van der Waals surface area contributed by atoms with E-state index in [0.29, 0.717) is 24.6 Å². The van der Waals surface area contributed by atoms with Gasteiger partial charge in [-0.25, -0.2) is 13.4 Å². The van der Waals surface area contributed by atoms with Crippen molar-refractivity contribution in [3.8, 4) is 0 Å². The van der Waals surface area contributed by atoms with E-state index in [9.17, 15) is 8.42 Å². The first kappa shape index (κ1) is 12.6. The zero-order valence-electron chi connectivity index (χ0n) is 9.98. The highest BCUT2D eigenvalue weighted by molar-refractivity contribution is 7.92. The van der Waals surface area contributed by atoms with Crippen molar-refractivity contribution in [2.75, 3.05) is 12.8 Å². The van der Waals surface area contributed by atoms with Crippen molar-refractivity contribution in [3.63, 3.8) is 0 Å². The van der Waals surface area contributed by atoms with Crippen molar-refractivity contribution < 1.29 is 12.8 Å². The molecule has 0 aliphatic carbocycles. The molecule has 1 aromatic rings. The Morgan fingerprint density at radius 2 is 2.35 bits per heavy atom. The smallest absolute Gasteiger partial charge is 0.195 e. The Labute approximate surface area is 102 Å². The van der Waals surface area contributed by atoms with Crippen molar-refractivity contribution in [1.82, 2.24) is 10.3 Å². The van der Waals surface area contributed by atoms with Gasteiger partial charge in [0.1, 0.15) is 6.26 Å². The number of nitrogens with zero attached hydrogens (tertiary/aromatic N) is 1. The van der Waals surface area contributed by atoms with Crippen LogP contribution in [-0.4, -0.2) is 31.5 Å². The summed E-state index contributed by atoms with van der Waals surface area (Å²) >= 11 is 0. The van der Waals surface area contributed by atoms with E-state index in [1.165, 1.54) is 0 Å². The van der Waals surface area contributed by atoms with E-state index in [1.807, 2.05) is 7.05 Å². The molecule has 1 aliphatic rings. The van der Waals surface area contributed by atoms with Gasteiger partial charge in [0.25, 0.3) is 0 Å². The Morgan fingerprint density at radius 3 is 3.06 bits per heavy atom. The minimum Gasteiger partial charge on any atom is -0.449 e. The van der Waals surface area contributed by atoms with Gasteiger partial charge < -0.3 is 9.73 Å². The first-order valence-corrected chi connectivity index (χ1v) is 7.63. The predicted octanol–water partition coefficient (Wildman–Crippen LogP) is 0.904. The molecule has 0 aromatic carbocycles. The van der Waals surface area contributed by atoms with Crippen molar-refractivity contribution >= 4 is 9.84 Å². The number of nitrogens with one attached hydrogen (secondary N) is 1. The minimum absolute atomic E-state index is 0.307. The van der Waals surface area contributed by atoms with E-state index in [1.54, 1.807) is 6.26 Å². The van der Waals surface area contributed by atoms with Crippen molar-refractivity contribution in [1.29, 1.82) is 0 Å².